The van der Waals surface area contributed by atoms with Crippen LogP contribution in [0, 0.1) is 0 Å². The van der Waals surface area contributed by atoms with Crippen LogP contribution in [0.3, 0.4) is 0 Å². The van der Waals surface area contributed by atoms with E-state index in [0.717, 1.165) is 42.7 Å². The van der Waals surface area contributed by atoms with Crippen molar-refractivity contribution in [3.05, 3.63) is 60.4 Å². The lowest BCUT2D eigenvalue weighted by Gasteiger charge is -2.32. The lowest BCUT2D eigenvalue weighted by molar-refractivity contribution is 0.297. The highest BCUT2D eigenvalue weighted by Crippen LogP contribution is 2.30. The fourth-order valence-electron chi connectivity index (χ4n) is 4.18. The number of benzene rings is 2. The minimum absolute atomic E-state index is 0.0139. The summed E-state index contributed by atoms with van der Waals surface area (Å²) in [6.45, 7) is 4.26. The molecule has 0 saturated carbocycles. The Morgan fingerprint density at radius 2 is 1.87 bits per heavy atom. The van der Waals surface area contributed by atoms with Gasteiger partial charge in [0.05, 0.1) is 16.8 Å². The standard InChI is InChI=1S/C23H29N3O3S/c1-2-14-26-22-13-7-6-12-21(22)24-23(26)19-9-8-15-25(18-19)30(27,28)17-16-29-20-10-4-3-5-11-20/h3-7,10-13,19H,2,8-9,14-18H2,1H3. The largest absolute Gasteiger partial charge is 0.492 e. The first-order chi connectivity index (χ1) is 14.6. The molecule has 1 aromatic heterocycles. The number of para-hydroxylation sites is 3. The number of ether oxygens (including phenoxy) is 1. The zero-order valence-electron chi connectivity index (χ0n) is 17.4. The third kappa shape index (κ3) is 4.52. The van der Waals surface area contributed by atoms with Crippen molar-refractivity contribution in [2.24, 2.45) is 0 Å². The second kappa shape index (κ2) is 9.18. The Morgan fingerprint density at radius 3 is 2.67 bits per heavy atom. The molecule has 2 heterocycles. The molecule has 6 nitrogen and oxygen atoms in total. The number of aromatic nitrogens is 2. The predicted octanol–water partition coefficient (Wildman–Crippen LogP) is 4.03. The molecule has 1 fully saturated rings. The van der Waals surface area contributed by atoms with Crippen LogP contribution in [0.4, 0.5) is 0 Å². The topological polar surface area (TPSA) is 64.4 Å². The summed E-state index contributed by atoms with van der Waals surface area (Å²) in [6.07, 6.45) is 2.82. The molecule has 1 unspecified atom stereocenters. The summed E-state index contributed by atoms with van der Waals surface area (Å²) >= 11 is 0. The summed E-state index contributed by atoms with van der Waals surface area (Å²) in [4.78, 5) is 4.89. The Labute approximate surface area is 178 Å². The molecule has 7 heteroatoms. The van der Waals surface area contributed by atoms with Crippen molar-refractivity contribution in [2.75, 3.05) is 25.4 Å². The lowest BCUT2D eigenvalue weighted by atomic mass is 9.99. The summed E-state index contributed by atoms with van der Waals surface area (Å²) < 4.78 is 35.4. The van der Waals surface area contributed by atoms with E-state index in [1.807, 2.05) is 48.5 Å². The Morgan fingerprint density at radius 1 is 1.10 bits per heavy atom. The maximum absolute atomic E-state index is 13.0. The first-order valence-electron chi connectivity index (χ1n) is 10.7. The maximum Gasteiger partial charge on any atom is 0.217 e. The lowest BCUT2D eigenvalue weighted by Crippen LogP contribution is -2.41. The van der Waals surface area contributed by atoms with Gasteiger partial charge in [-0.05, 0) is 43.5 Å². The minimum Gasteiger partial charge on any atom is -0.492 e. The number of rotatable bonds is 8. The Hall–Kier alpha value is -2.38. The molecule has 0 radical (unpaired) electrons. The normalized spacial score (nSPS) is 18.0. The highest BCUT2D eigenvalue weighted by molar-refractivity contribution is 7.89. The van der Waals surface area contributed by atoms with E-state index in [2.05, 4.69) is 17.6 Å². The molecule has 1 aliphatic heterocycles. The third-order valence-electron chi connectivity index (χ3n) is 5.63. The van der Waals surface area contributed by atoms with E-state index in [4.69, 9.17) is 9.72 Å². The molecular formula is C23H29N3O3S. The summed E-state index contributed by atoms with van der Waals surface area (Å²) in [7, 11) is -3.38. The number of hydrogen-bond acceptors (Lipinski definition) is 4. The van der Waals surface area contributed by atoms with Crippen molar-refractivity contribution in [1.29, 1.82) is 0 Å². The number of aryl methyl sites for hydroxylation is 1. The molecule has 4 rings (SSSR count). The fraction of sp³-hybridized carbons (Fsp3) is 0.435. The van der Waals surface area contributed by atoms with Crippen LogP contribution in [0.15, 0.2) is 54.6 Å². The Kier molecular flexibility index (Phi) is 6.39. The van der Waals surface area contributed by atoms with Gasteiger partial charge in [-0.25, -0.2) is 17.7 Å². The molecule has 0 bridgehead atoms. The second-order valence-corrected chi connectivity index (χ2v) is 9.87. The second-order valence-electron chi connectivity index (χ2n) is 7.79. The van der Waals surface area contributed by atoms with Crippen LogP contribution in [0.5, 0.6) is 5.75 Å². The van der Waals surface area contributed by atoms with Crippen LogP contribution in [-0.2, 0) is 16.6 Å². The van der Waals surface area contributed by atoms with Gasteiger partial charge >= 0.3 is 0 Å². The quantitative estimate of drug-likeness (QED) is 0.544. The fourth-order valence-corrected chi connectivity index (χ4v) is 5.55. The van der Waals surface area contributed by atoms with Gasteiger partial charge in [-0.3, -0.25) is 0 Å². The molecule has 0 aliphatic carbocycles. The number of hydrogen-bond donors (Lipinski definition) is 0. The number of piperidine rings is 1. The van der Waals surface area contributed by atoms with E-state index in [1.165, 1.54) is 0 Å². The third-order valence-corrected chi connectivity index (χ3v) is 7.43. The molecule has 1 saturated heterocycles. The molecule has 1 aliphatic rings. The van der Waals surface area contributed by atoms with Crippen molar-refractivity contribution in [2.45, 2.75) is 38.6 Å². The van der Waals surface area contributed by atoms with Gasteiger partial charge in [-0.1, -0.05) is 37.3 Å². The number of fused-ring (bicyclic) bond motifs is 1. The average Bonchev–Trinajstić information content (AvgIpc) is 3.13. The highest BCUT2D eigenvalue weighted by atomic mass is 32.2. The molecule has 30 heavy (non-hydrogen) atoms. The van der Waals surface area contributed by atoms with Crippen LogP contribution < -0.4 is 4.74 Å². The summed E-state index contributed by atoms with van der Waals surface area (Å²) in [5.74, 6) is 1.80. The number of nitrogens with zero attached hydrogens (tertiary/aromatic N) is 3. The van der Waals surface area contributed by atoms with Crippen molar-refractivity contribution in [3.8, 4) is 5.75 Å². The molecule has 160 valence electrons. The monoisotopic (exact) mass is 427 g/mol. The van der Waals surface area contributed by atoms with Crippen LogP contribution in [0.2, 0.25) is 0 Å². The van der Waals surface area contributed by atoms with Gasteiger partial charge in [0.15, 0.2) is 0 Å². The van der Waals surface area contributed by atoms with Crippen molar-refractivity contribution < 1.29 is 13.2 Å². The summed E-state index contributed by atoms with van der Waals surface area (Å²) in [5, 5.41) is 0. The Bertz CT molecular complexity index is 1080. The molecular weight excluding hydrogens is 398 g/mol. The van der Waals surface area contributed by atoms with Crippen molar-refractivity contribution in [1.82, 2.24) is 13.9 Å². The molecule has 2 aromatic carbocycles. The van der Waals surface area contributed by atoms with Crippen LogP contribution in [0.1, 0.15) is 37.9 Å². The van der Waals surface area contributed by atoms with Gasteiger partial charge in [-0.15, -0.1) is 0 Å². The minimum atomic E-state index is -3.38. The molecule has 1 atom stereocenters. The van der Waals surface area contributed by atoms with E-state index in [0.29, 0.717) is 18.8 Å². The van der Waals surface area contributed by atoms with Gasteiger partial charge in [0.2, 0.25) is 10.0 Å². The van der Waals surface area contributed by atoms with Crippen molar-refractivity contribution >= 4 is 21.1 Å². The molecule has 0 spiro atoms. The van der Waals surface area contributed by atoms with Gasteiger partial charge in [0, 0.05) is 25.6 Å². The molecule has 0 amide bonds. The zero-order valence-corrected chi connectivity index (χ0v) is 18.2. The van der Waals surface area contributed by atoms with E-state index in [9.17, 15) is 8.42 Å². The highest BCUT2D eigenvalue weighted by Gasteiger charge is 2.32. The molecule has 0 N–H and O–H groups in total. The van der Waals surface area contributed by atoms with E-state index >= 15 is 0 Å². The number of imidazole rings is 1. The Balaban J connectivity index is 1.47. The average molecular weight is 428 g/mol. The predicted molar refractivity (Wildman–Crippen MR) is 119 cm³/mol. The van der Waals surface area contributed by atoms with E-state index in [1.54, 1.807) is 4.31 Å². The maximum atomic E-state index is 13.0. The van der Waals surface area contributed by atoms with Gasteiger partial charge in [-0.2, -0.15) is 0 Å². The first-order valence-corrected chi connectivity index (χ1v) is 12.3. The van der Waals surface area contributed by atoms with Crippen LogP contribution in [-0.4, -0.2) is 47.7 Å². The number of sulfonamides is 1. The summed E-state index contributed by atoms with van der Waals surface area (Å²) in [6, 6.07) is 17.5. The van der Waals surface area contributed by atoms with Gasteiger partial charge in [0.25, 0.3) is 0 Å². The smallest absolute Gasteiger partial charge is 0.217 e. The summed E-state index contributed by atoms with van der Waals surface area (Å²) in [5.41, 5.74) is 2.11. The van der Waals surface area contributed by atoms with Gasteiger partial charge < -0.3 is 9.30 Å². The first kappa shape index (κ1) is 20.9. The van der Waals surface area contributed by atoms with E-state index < -0.39 is 10.0 Å². The molecule has 3 aromatic rings. The van der Waals surface area contributed by atoms with Crippen LogP contribution >= 0.6 is 0 Å². The van der Waals surface area contributed by atoms with Crippen LogP contribution in [0.25, 0.3) is 11.0 Å². The SMILES string of the molecule is CCCn1c(C2CCCN(S(=O)(=O)CCOc3ccccc3)C2)nc2ccccc21. The van der Waals surface area contributed by atoms with E-state index in [-0.39, 0.29) is 18.3 Å². The van der Waals surface area contributed by atoms with Crippen molar-refractivity contribution in [3.63, 3.8) is 0 Å². The zero-order chi connectivity index (χ0) is 21.0. The van der Waals surface area contributed by atoms with Gasteiger partial charge in [0.1, 0.15) is 18.2 Å².